The Balaban J connectivity index is 1.89. The molecule has 25 heavy (non-hydrogen) atoms. The van der Waals surface area contributed by atoms with E-state index in [1.807, 2.05) is 14.0 Å². The molecule has 1 amide bonds. The Morgan fingerprint density at radius 2 is 2.00 bits per heavy atom. The SMILES string of the molecule is CNCCC1CCN(C(C)C(=O)Nc2ccccc2OC(F)F)CC1. The van der Waals surface area contributed by atoms with Crippen LogP contribution >= 0.6 is 0 Å². The summed E-state index contributed by atoms with van der Waals surface area (Å²) in [7, 11) is 1.96. The zero-order chi connectivity index (χ0) is 18.2. The van der Waals surface area contributed by atoms with E-state index in [0.29, 0.717) is 5.92 Å². The van der Waals surface area contributed by atoms with E-state index in [1.165, 1.54) is 6.07 Å². The topological polar surface area (TPSA) is 53.6 Å². The molecule has 2 rings (SSSR count). The molecule has 1 aromatic rings. The van der Waals surface area contributed by atoms with Crippen molar-refractivity contribution in [2.24, 2.45) is 5.92 Å². The van der Waals surface area contributed by atoms with Crippen molar-refractivity contribution in [2.45, 2.75) is 38.8 Å². The lowest BCUT2D eigenvalue weighted by Crippen LogP contribution is -2.46. The first-order chi connectivity index (χ1) is 12.0. The second-order valence-electron chi connectivity index (χ2n) is 6.41. The number of carbonyl (C=O) groups is 1. The Kier molecular flexibility index (Phi) is 7.58. The van der Waals surface area contributed by atoms with Gasteiger partial charge < -0.3 is 15.4 Å². The molecule has 5 nitrogen and oxygen atoms in total. The summed E-state index contributed by atoms with van der Waals surface area (Å²) in [6, 6.07) is 5.93. The van der Waals surface area contributed by atoms with Crippen LogP contribution in [0.5, 0.6) is 5.75 Å². The molecule has 1 aliphatic heterocycles. The van der Waals surface area contributed by atoms with Gasteiger partial charge in [-0.1, -0.05) is 12.1 Å². The number of amides is 1. The van der Waals surface area contributed by atoms with Gasteiger partial charge >= 0.3 is 6.61 Å². The number of piperidine rings is 1. The number of likely N-dealkylation sites (tertiary alicyclic amines) is 1. The first-order valence-electron chi connectivity index (χ1n) is 8.74. The van der Waals surface area contributed by atoms with Crippen molar-refractivity contribution in [3.63, 3.8) is 0 Å². The van der Waals surface area contributed by atoms with E-state index in [4.69, 9.17) is 0 Å². The third-order valence-corrected chi connectivity index (χ3v) is 4.74. The number of anilines is 1. The van der Waals surface area contributed by atoms with Crippen LogP contribution in [0.25, 0.3) is 0 Å². The lowest BCUT2D eigenvalue weighted by atomic mass is 9.93. The smallest absolute Gasteiger partial charge is 0.387 e. The molecule has 2 N–H and O–H groups in total. The lowest BCUT2D eigenvalue weighted by molar-refractivity contribution is -0.121. The van der Waals surface area contributed by atoms with Crippen LogP contribution in [0.1, 0.15) is 26.2 Å². The van der Waals surface area contributed by atoms with E-state index in [1.54, 1.807) is 18.2 Å². The number of ether oxygens (including phenoxy) is 1. The highest BCUT2D eigenvalue weighted by Gasteiger charge is 2.27. The van der Waals surface area contributed by atoms with Crippen LogP contribution in [0.15, 0.2) is 24.3 Å². The minimum atomic E-state index is -2.92. The molecule has 0 saturated carbocycles. The fraction of sp³-hybridized carbons (Fsp3) is 0.611. The Morgan fingerprint density at radius 3 is 2.64 bits per heavy atom. The van der Waals surface area contributed by atoms with E-state index in [9.17, 15) is 13.6 Å². The highest BCUT2D eigenvalue weighted by Crippen LogP contribution is 2.26. The van der Waals surface area contributed by atoms with Crippen LogP contribution in [0.2, 0.25) is 0 Å². The molecule has 7 heteroatoms. The molecule has 1 atom stereocenters. The van der Waals surface area contributed by atoms with Gasteiger partial charge in [-0.2, -0.15) is 8.78 Å². The van der Waals surface area contributed by atoms with Crippen LogP contribution in [-0.4, -0.2) is 50.1 Å². The van der Waals surface area contributed by atoms with Gasteiger partial charge in [0.15, 0.2) is 0 Å². The summed E-state index contributed by atoms with van der Waals surface area (Å²) in [6.45, 7) is 1.68. The van der Waals surface area contributed by atoms with E-state index >= 15 is 0 Å². The number of benzene rings is 1. The van der Waals surface area contributed by atoms with Crippen molar-refractivity contribution in [3.8, 4) is 5.75 Å². The molecular weight excluding hydrogens is 328 g/mol. The van der Waals surface area contributed by atoms with Crippen molar-refractivity contribution in [1.29, 1.82) is 0 Å². The number of nitrogens with one attached hydrogen (secondary N) is 2. The molecule has 0 bridgehead atoms. The zero-order valence-corrected chi connectivity index (χ0v) is 14.8. The number of hydrogen-bond donors (Lipinski definition) is 2. The van der Waals surface area contributed by atoms with Crippen LogP contribution < -0.4 is 15.4 Å². The van der Waals surface area contributed by atoms with Gasteiger partial charge in [0.25, 0.3) is 0 Å². The van der Waals surface area contributed by atoms with Crippen LogP contribution in [-0.2, 0) is 4.79 Å². The molecule has 0 radical (unpaired) electrons. The molecule has 1 fully saturated rings. The Bertz CT molecular complexity index is 549. The van der Waals surface area contributed by atoms with E-state index < -0.39 is 6.61 Å². The maximum atomic E-state index is 12.5. The molecule has 1 heterocycles. The fourth-order valence-corrected chi connectivity index (χ4v) is 3.15. The van der Waals surface area contributed by atoms with Crippen molar-refractivity contribution in [1.82, 2.24) is 10.2 Å². The first-order valence-corrected chi connectivity index (χ1v) is 8.74. The number of nitrogens with zero attached hydrogens (tertiary/aromatic N) is 1. The minimum Gasteiger partial charge on any atom is -0.433 e. The van der Waals surface area contributed by atoms with Gasteiger partial charge in [-0.05, 0) is 70.9 Å². The van der Waals surface area contributed by atoms with E-state index in [2.05, 4.69) is 20.3 Å². The summed E-state index contributed by atoms with van der Waals surface area (Å²) >= 11 is 0. The van der Waals surface area contributed by atoms with Gasteiger partial charge in [-0.15, -0.1) is 0 Å². The standard InChI is InChI=1S/C18H27F2N3O2/c1-13(23-11-8-14(9-12-23)7-10-21-2)17(24)22-15-5-3-4-6-16(15)25-18(19)20/h3-6,13-14,18,21H,7-12H2,1-2H3,(H,22,24). The maximum Gasteiger partial charge on any atom is 0.387 e. The van der Waals surface area contributed by atoms with E-state index in [0.717, 1.165) is 38.9 Å². The van der Waals surface area contributed by atoms with Gasteiger partial charge in [-0.25, -0.2) is 0 Å². The monoisotopic (exact) mass is 355 g/mol. The minimum absolute atomic E-state index is 0.0242. The Hall–Kier alpha value is -1.73. The molecule has 0 spiro atoms. The highest BCUT2D eigenvalue weighted by atomic mass is 19.3. The summed E-state index contributed by atoms with van der Waals surface area (Å²) in [5.74, 6) is 0.460. The molecular formula is C18H27F2N3O2. The largest absolute Gasteiger partial charge is 0.433 e. The van der Waals surface area contributed by atoms with E-state index in [-0.39, 0.29) is 23.4 Å². The Morgan fingerprint density at radius 1 is 1.32 bits per heavy atom. The second kappa shape index (κ2) is 9.68. The number of alkyl halides is 2. The van der Waals surface area contributed by atoms with Gasteiger partial charge in [0.05, 0.1) is 11.7 Å². The number of para-hydroxylation sites is 2. The first kappa shape index (κ1) is 19.6. The van der Waals surface area contributed by atoms with Crippen LogP contribution in [0.3, 0.4) is 0 Å². The van der Waals surface area contributed by atoms with Crippen molar-refractivity contribution >= 4 is 11.6 Å². The predicted octanol–water partition coefficient (Wildman–Crippen LogP) is 2.94. The van der Waals surface area contributed by atoms with Crippen molar-refractivity contribution < 1.29 is 18.3 Å². The van der Waals surface area contributed by atoms with Crippen molar-refractivity contribution in [2.75, 3.05) is 32.0 Å². The summed E-state index contributed by atoms with van der Waals surface area (Å²) in [5, 5.41) is 5.88. The molecule has 140 valence electrons. The van der Waals surface area contributed by atoms with Crippen LogP contribution in [0.4, 0.5) is 14.5 Å². The number of halogens is 2. The van der Waals surface area contributed by atoms with Crippen LogP contribution in [0, 0.1) is 5.92 Å². The average Bonchev–Trinajstić information content (AvgIpc) is 2.61. The zero-order valence-electron chi connectivity index (χ0n) is 14.8. The molecule has 1 aromatic carbocycles. The predicted molar refractivity (Wildman–Crippen MR) is 94.0 cm³/mol. The number of carbonyl (C=O) groups excluding carboxylic acids is 1. The quantitative estimate of drug-likeness (QED) is 0.753. The molecule has 1 unspecified atom stereocenters. The van der Waals surface area contributed by atoms with Crippen molar-refractivity contribution in [3.05, 3.63) is 24.3 Å². The summed E-state index contributed by atoms with van der Waals surface area (Å²) in [6.07, 6.45) is 3.30. The maximum absolute atomic E-state index is 12.5. The normalized spacial score (nSPS) is 17.5. The van der Waals surface area contributed by atoms with Gasteiger partial charge in [0, 0.05) is 0 Å². The summed E-state index contributed by atoms with van der Waals surface area (Å²) in [4.78, 5) is 14.6. The van der Waals surface area contributed by atoms with Gasteiger partial charge in [0.1, 0.15) is 5.75 Å². The molecule has 0 aliphatic carbocycles. The summed E-state index contributed by atoms with van der Waals surface area (Å²) < 4.78 is 29.4. The molecule has 1 aliphatic rings. The third kappa shape index (κ3) is 5.93. The average molecular weight is 355 g/mol. The Labute approximate surface area is 147 Å². The third-order valence-electron chi connectivity index (χ3n) is 4.74. The fourth-order valence-electron chi connectivity index (χ4n) is 3.15. The molecule has 0 aromatic heterocycles. The van der Waals surface area contributed by atoms with Gasteiger partial charge in [0.2, 0.25) is 5.91 Å². The highest BCUT2D eigenvalue weighted by molar-refractivity contribution is 5.95. The number of hydrogen-bond acceptors (Lipinski definition) is 4. The molecule has 1 saturated heterocycles. The second-order valence-corrected chi connectivity index (χ2v) is 6.41. The van der Waals surface area contributed by atoms with Gasteiger partial charge in [-0.3, -0.25) is 9.69 Å². The lowest BCUT2D eigenvalue weighted by Gasteiger charge is -2.35. The summed E-state index contributed by atoms with van der Waals surface area (Å²) in [5.41, 5.74) is 0.267. The number of rotatable bonds is 8.